The first-order valence-corrected chi connectivity index (χ1v) is 13.1. The summed E-state index contributed by atoms with van der Waals surface area (Å²) in [6.07, 6.45) is 5.67. The summed E-state index contributed by atoms with van der Waals surface area (Å²) in [5, 5.41) is 0.482. The number of aromatic amines is 1. The number of anilines is 1. The zero-order chi connectivity index (χ0) is 25.0. The molecule has 0 aliphatic heterocycles. The topological polar surface area (TPSA) is 92.7 Å². The molecule has 0 aliphatic carbocycles. The molecular weight excluding hydrogens is 458 g/mol. The van der Waals surface area contributed by atoms with E-state index in [1.807, 2.05) is 36.8 Å². The second kappa shape index (κ2) is 8.23. The fourth-order valence-corrected chi connectivity index (χ4v) is 4.85. The Kier molecular flexibility index (Phi) is 5.44. The molecule has 7 nitrogen and oxygen atoms in total. The molecule has 0 saturated carbocycles. The molecule has 3 heterocycles. The van der Waals surface area contributed by atoms with Crippen LogP contribution in [0.4, 0.5) is 5.69 Å². The predicted octanol–water partition coefficient (Wildman–Crippen LogP) is 6.15. The SMILES string of the molecule is CC(C)S(=O)(=O)Nc1cccc(-c2cnc3[nH]cc(-c4ccc5ncn(C(C)(C)C)c5c4)c3c2)c1. The molecule has 0 aliphatic rings. The van der Waals surface area contributed by atoms with Gasteiger partial charge < -0.3 is 9.55 Å². The molecule has 3 aromatic heterocycles. The standard InChI is InChI=1S/C27H29N5O2S/c1-17(2)35(33,34)31-21-8-6-7-18(11-21)20-12-22-23(15-29-26(22)28-14-20)19-9-10-24-25(13-19)32(16-30-24)27(3,4)5/h6-17,31H,1-5H3,(H,28,29). The van der Waals surface area contributed by atoms with E-state index in [2.05, 4.69) is 63.2 Å². The maximum atomic E-state index is 12.3. The molecule has 5 rings (SSSR count). The van der Waals surface area contributed by atoms with Gasteiger partial charge in [0, 0.05) is 40.1 Å². The maximum Gasteiger partial charge on any atom is 0.235 e. The number of pyridine rings is 1. The minimum atomic E-state index is -3.42. The minimum absolute atomic E-state index is 0.0790. The molecule has 180 valence electrons. The number of benzene rings is 2. The normalized spacial score (nSPS) is 12.6. The van der Waals surface area contributed by atoms with Crippen LogP contribution < -0.4 is 4.72 Å². The van der Waals surface area contributed by atoms with Gasteiger partial charge in [-0.05, 0) is 76.1 Å². The monoisotopic (exact) mass is 487 g/mol. The van der Waals surface area contributed by atoms with Gasteiger partial charge in [0.25, 0.3) is 0 Å². The Hall–Kier alpha value is -3.65. The molecule has 2 N–H and O–H groups in total. The van der Waals surface area contributed by atoms with E-state index in [4.69, 9.17) is 0 Å². The lowest BCUT2D eigenvalue weighted by Crippen LogP contribution is -2.22. The maximum absolute atomic E-state index is 12.3. The molecule has 8 heteroatoms. The summed E-state index contributed by atoms with van der Waals surface area (Å²) >= 11 is 0. The summed E-state index contributed by atoms with van der Waals surface area (Å²) in [4.78, 5) is 12.5. The molecule has 2 aromatic carbocycles. The Morgan fingerprint density at radius 3 is 2.51 bits per heavy atom. The van der Waals surface area contributed by atoms with Gasteiger partial charge in [0.15, 0.2) is 0 Å². The van der Waals surface area contributed by atoms with Crippen molar-refractivity contribution in [3.63, 3.8) is 0 Å². The lowest BCUT2D eigenvalue weighted by molar-refractivity contribution is 0.408. The third-order valence-corrected chi connectivity index (χ3v) is 7.95. The predicted molar refractivity (Wildman–Crippen MR) is 143 cm³/mol. The van der Waals surface area contributed by atoms with E-state index in [9.17, 15) is 8.42 Å². The van der Waals surface area contributed by atoms with E-state index < -0.39 is 15.3 Å². The van der Waals surface area contributed by atoms with Crippen LogP contribution in [0.5, 0.6) is 0 Å². The first-order chi connectivity index (χ1) is 16.5. The van der Waals surface area contributed by atoms with Crippen molar-refractivity contribution in [1.82, 2.24) is 19.5 Å². The number of imidazole rings is 1. The molecule has 35 heavy (non-hydrogen) atoms. The molecule has 5 aromatic rings. The molecular formula is C27H29N5O2S. The molecule has 0 unspecified atom stereocenters. The van der Waals surface area contributed by atoms with Crippen molar-refractivity contribution in [1.29, 1.82) is 0 Å². The van der Waals surface area contributed by atoms with Crippen molar-refractivity contribution in [2.45, 2.75) is 45.4 Å². The van der Waals surface area contributed by atoms with Crippen LogP contribution in [0.15, 0.2) is 67.3 Å². The first kappa shape index (κ1) is 23.1. The minimum Gasteiger partial charge on any atom is -0.346 e. The number of fused-ring (bicyclic) bond motifs is 2. The fraction of sp³-hybridized carbons (Fsp3) is 0.259. The third kappa shape index (κ3) is 4.30. The average molecular weight is 488 g/mol. The molecule has 0 saturated heterocycles. The summed E-state index contributed by atoms with van der Waals surface area (Å²) < 4.78 is 29.5. The fourth-order valence-electron chi connectivity index (χ4n) is 4.15. The zero-order valence-corrected chi connectivity index (χ0v) is 21.3. The third-order valence-electron chi connectivity index (χ3n) is 6.19. The number of rotatable bonds is 5. The van der Waals surface area contributed by atoms with Crippen LogP contribution >= 0.6 is 0 Å². The Morgan fingerprint density at radius 1 is 0.971 bits per heavy atom. The van der Waals surface area contributed by atoms with E-state index >= 15 is 0 Å². The van der Waals surface area contributed by atoms with Crippen LogP contribution in [0.25, 0.3) is 44.3 Å². The summed E-state index contributed by atoms with van der Waals surface area (Å²) in [6, 6.07) is 15.8. The lowest BCUT2D eigenvalue weighted by Gasteiger charge is -2.21. The number of sulfonamides is 1. The Balaban J connectivity index is 1.57. The number of hydrogen-bond acceptors (Lipinski definition) is 4. The highest BCUT2D eigenvalue weighted by molar-refractivity contribution is 7.93. The van der Waals surface area contributed by atoms with Crippen molar-refractivity contribution in [2.24, 2.45) is 0 Å². The van der Waals surface area contributed by atoms with Gasteiger partial charge in [-0.15, -0.1) is 0 Å². The van der Waals surface area contributed by atoms with Crippen molar-refractivity contribution in [3.8, 4) is 22.3 Å². The highest BCUT2D eigenvalue weighted by Gasteiger charge is 2.18. The number of nitrogens with one attached hydrogen (secondary N) is 2. The van der Waals surface area contributed by atoms with Gasteiger partial charge in [-0.1, -0.05) is 18.2 Å². The molecule has 0 amide bonds. The van der Waals surface area contributed by atoms with E-state index in [0.717, 1.165) is 44.3 Å². The number of aromatic nitrogens is 4. The quantitative estimate of drug-likeness (QED) is 0.311. The zero-order valence-electron chi connectivity index (χ0n) is 20.5. The van der Waals surface area contributed by atoms with Crippen LogP contribution in [0, 0.1) is 0 Å². The van der Waals surface area contributed by atoms with Gasteiger partial charge in [-0.25, -0.2) is 18.4 Å². The van der Waals surface area contributed by atoms with Crippen molar-refractivity contribution in [2.75, 3.05) is 4.72 Å². The van der Waals surface area contributed by atoms with Crippen LogP contribution in [-0.2, 0) is 15.6 Å². The molecule has 0 spiro atoms. The first-order valence-electron chi connectivity index (χ1n) is 11.6. The Morgan fingerprint density at radius 2 is 1.77 bits per heavy atom. The van der Waals surface area contributed by atoms with Crippen LogP contribution in [-0.4, -0.2) is 33.2 Å². The highest BCUT2D eigenvalue weighted by Crippen LogP contribution is 2.34. The van der Waals surface area contributed by atoms with Gasteiger partial charge >= 0.3 is 0 Å². The van der Waals surface area contributed by atoms with Crippen LogP contribution in [0.3, 0.4) is 0 Å². The smallest absolute Gasteiger partial charge is 0.235 e. The molecule has 0 fully saturated rings. The van der Waals surface area contributed by atoms with E-state index in [1.165, 1.54) is 0 Å². The average Bonchev–Trinajstić information content (AvgIpc) is 3.42. The Labute approximate surface area is 205 Å². The number of H-pyrrole nitrogens is 1. The Bertz CT molecular complexity index is 1660. The number of nitrogens with zero attached hydrogens (tertiary/aromatic N) is 3. The summed E-state index contributed by atoms with van der Waals surface area (Å²) in [5.41, 5.74) is 7.21. The molecule has 0 atom stereocenters. The second-order valence-corrected chi connectivity index (χ2v) is 12.3. The molecule has 0 bridgehead atoms. The van der Waals surface area contributed by atoms with E-state index in [-0.39, 0.29) is 5.54 Å². The van der Waals surface area contributed by atoms with Gasteiger partial charge in [0.2, 0.25) is 10.0 Å². The number of hydrogen-bond donors (Lipinski definition) is 2. The van der Waals surface area contributed by atoms with Gasteiger partial charge in [0.1, 0.15) is 5.65 Å². The highest BCUT2D eigenvalue weighted by atomic mass is 32.2. The van der Waals surface area contributed by atoms with E-state index in [0.29, 0.717) is 5.69 Å². The van der Waals surface area contributed by atoms with E-state index in [1.54, 1.807) is 26.1 Å². The molecule has 0 radical (unpaired) electrons. The van der Waals surface area contributed by atoms with Crippen molar-refractivity contribution in [3.05, 3.63) is 67.3 Å². The van der Waals surface area contributed by atoms with Crippen molar-refractivity contribution >= 4 is 37.8 Å². The largest absolute Gasteiger partial charge is 0.346 e. The van der Waals surface area contributed by atoms with Crippen LogP contribution in [0.2, 0.25) is 0 Å². The lowest BCUT2D eigenvalue weighted by atomic mass is 10.0. The van der Waals surface area contributed by atoms with Gasteiger partial charge in [-0.3, -0.25) is 4.72 Å². The van der Waals surface area contributed by atoms with Crippen molar-refractivity contribution < 1.29 is 8.42 Å². The van der Waals surface area contributed by atoms with Gasteiger partial charge in [-0.2, -0.15) is 0 Å². The second-order valence-electron chi connectivity index (χ2n) is 10.1. The van der Waals surface area contributed by atoms with Gasteiger partial charge in [0.05, 0.1) is 22.6 Å². The summed E-state index contributed by atoms with van der Waals surface area (Å²) in [5.74, 6) is 0. The summed E-state index contributed by atoms with van der Waals surface area (Å²) in [6.45, 7) is 9.81. The van der Waals surface area contributed by atoms with Crippen LogP contribution in [0.1, 0.15) is 34.6 Å². The summed E-state index contributed by atoms with van der Waals surface area (Å²) in [7, 11) is -3.42.